The van der Waals surface area contributed by atoms with Crippen LogP contribution in [0.4, 0.5) is 0 Å². The molecule has 1 heterocycles. The summed E-state index contributed by atoms with van der Waals surface area (Å²) in [6, 6.07) is 0. The highest BCUT2D eigenvalue weighted by Crippen LogP contribution is 2.36. The maximum Gasteiger partial charge on any atom is 0.320 e. The maximum atomic E-state index is 11.8. The molecule has 2 aliphatic rings. The van der Waals surface area contributed by atoms with Gasteiger partial charge in [-0.3, -0.25) is 14.9 Å². The molecule has 1 aliphatic heterocycles. The average molecular weight is 296 g/mol. The van der Waals surface area contributed by atoms with Gasteiger partial charge in [0, 0.05) is 6.42 Å². The zero-order valence-corrected chi connectivity index (χ0v) is 12.9. The SMILES string of the molecule is O=C1CCCCCCCCC(C2CC2)OC(=O)CNCN1. The molecule has 1 unspecified atom stereocenters. The molecule has 21 heavy (non-hydrogen) atoms. The molecule has 1 atom stereocenters. The van der Waals surface area contributed by atoms with E-state index >= 15 is 0 Å². The van der Waals surface area contributed by atoms with Crippen molar-refractivity contribution in [1.29, 1.82) is 0 Å². The summed E-state index contributed by atoms with van der Waals surface area (Å²) < 4.78 is 5.59. The van der Waals surface area contributed by atoms with Crippen molar-refractivity contribution < 1.29 is 14.3 Å². The third-order valence-electron chi connectivity index (χ3n) is 4.25. The van der Waals surface area contributed by atoms with Crippen molar-refractivity contribution in [2.45, 2.75) is 70.3 Å². The van der Waals surface area contributed by atoms with E-state index in [1.807, 2.05) is 0 Å². The van der Waals surface area contributed by atoms with Crippen LogP contribution in [-0.4, -0.2) is 31.2 Å². The molecule has 0 aromatic rings. The molecule has 5 nitrogen and oxygen atoms in total. The number of ether oxygens (including phenoxy) is 1. The Morgan fingerprint density at radius 2 is 1.62 bits per heavy atom. The van der Waals surface area contributed by atoms with Crippen molar-refractivity contribution in [3.63, 3.8) is 0 Å². The zero-order valence-electron chi connectivity index (χ0n) is 12.9. The predicted octanol–water partition coefficient (Wildman–Crippen LogP) is 2.11. The van der Waals surface area contributed by atoms with Crippen molar-refractivity contribution in [2.24, 2.45) is 5.92 Å². The van der Waals surface area contributed by atoms with Gasteiger partial charge < -0.3 is 10.1 Å². The number of esters is 1. The van der Waals surface area contributed by atoms with Crippen LogP contribution in [0.25, 0.3) is 0 Å². The highest BCUT2D eigenvalue weighted by atomic mass is 16.5. The van der Waals surface area contributed by atoms with Gasteiger partial charge in [0.05, 0.1) is 13.2 Å². The molecule has 2 rings (SSSR count). The van der Waals surface area contributed by atoms with Crippen LogP contribution >= 0.6 is 0 Å². The van der Waals surface area contributed by atoms with Gasteiger partial charge in [-0.2, -0.15) is 0 Å². The molecular weight excluding hydrogens is 268 g/mol. The monoisotopic (exact) mass is 296 g/mol. The van der Waals surface area contributed by atoms with Crippen LogP contribution in [0.5, 0.6) is 0 Å². The van der Waals surface area contributed by atoms with Gasteiger partial charge in [-0.15, -0.1) is 0 Å². The number of carbonyl (C=O) groups is 2. The second kappa shape index (κ2) is 9.03. The van der Waals surface area contributed by atoms with Crippen molar-refractivity contribution in [3.05, 3.63) is 0 Å². The fraction of sp³-hybridized carbons (Fsp3) is 0.875. The average Bonchev–Trinajstić information content (AvgIpc) is 3.28. The molecule has 0 radical (unpaired) electrons. The summed E-state index contributed by atoms with van der Waals surface area (Å²) in [7, 11) is 0. The Morgan fingerprint density at radius 1 is 0.905 bits per heavy atom. The summed E-state index contributed by atoms with van der Waals surface area (Å²) >= 11 is 0. The number of nitrogens with one attached hydrogen (secondary N) is 2. The highest BCUT2D eigenvalue weighted by molar-refractivity contribution is 5.76. The van der Waals surface area contributed by atoms with Crippen molar-refractivity contribution in [2.75, 3.05) is 13.2 Å². The Labute approximate surface area is 127 Å². The van der Waals surface area contributed by atoms with E-state index in [1.54, 1.807) is 0 Å². The van der Waals surface area contributed by atoms with Gasteiger partial charge in [0.25, 0.3) is 0 Å². The second-order valence-electron chi connectivity index (χ2n) is 6.23. The van der Waals surface area contributed by atoms with Crippen LogP contribution in [-0.2, 0) is 14.3 Å². The smallest absolute Gasteiger partial charge is 0.320 e. The van der Waals surface area contributed by atoms with Crippen LogP contribution in [0.1, 0.15) is 64.2 Å². The molecule has 1 amide bonds. The van der Waals surface area contributed by atoms with Crippen molar-refractivity contribution in [3.8, 4) is 0 Å². The van der Waals surface area contributed by atoms with Gasteiger partial charge in [-0.25, -0.2) is 0 Å². The number of hydrogen-bond acceptors (Lipinski definition) is 4. The van der Waals surface area contributed by atoms with E-state index in [0.29, 0.717) is 19.0 Å². The first kappa shape index (κ1) is 16.3. The van der Waals surface area contributed by atoms with Gasteiger partial charge in [0.15, 0.2) is 0 Å². The Hall–Kier alpha value is -1.10. The lowest BCUT2D eigenvalue weighted by Crippen LogP contribution is -2.37. The molecule has 1 aliphatic carbocycles. The van der Waals surface area contributed by atoms with E-state index in [9.17, 15) is 9.59 Å². The lowest BCUT2D eigenvalue weighted by molar-refractivity contribution is -0.149. The van der Waals surface area contributed by atoms with Gasteiger partial charge >= 0.3 is 5.97 Å². The van der Waals surface area contributed by atoms with E-state index in [-0.39, 0.29) is 24.5 Å². The standard InChI is InChI=1S/C16H28N2O3/c19-15-8-6-4-2-1-3-5-7-14(13-9-10-13)21-16(20)11-17-12-18-15/h13-14,17H,1-12H2,(H,18,19). The predicted molar refractivity (Wildman–Crippen MR) is 80.6 cm³/mol. The van der Waals surface area contributed by atoms with Gasteiger partial charge in [-0.1, -0.05) is 25.7 Å². The van der Waals surface area contributed by atoms with Crippen LogP contribution < -0.4 is 10.6 Å². The Kier molecular flexibility index (Phi) is 7.00. The molecule has 2 N–H and O–H groups in total. The van der Waals surface area contributed by atoms with Crippen LogP contribution in [0.15, 0.2) is 0 Å². The van der Waals surface area contributed by atoms with E-state index in [0.717, 1.165) is 25.7 Å². The number of amides is 1. The van der Waals surface area contributed by atoms with Gasteiger partial charge in [0.2, 0.25) is 5.91 Å². The second-order valence-corrected chi connectivity index (χ2v) is 6.23. The van der Waals surface area contributed by atoms with Crippen molar-refractivity contribution in [1.82, 2.24) is 10.6 Å². The topological polar surface area (TPSA) is 67.4 Å². The molecule has 0 aromatic carbocycles. The first-order chi connectivity index (χ1) is 10.3. The summed E-state index contributed by atoms with van der Waals surface area (Å²) in [5.41, 5.74) is 0. The Morgan fingerprint density at radius 3 is 2.38 bits per heavy atom. The summed E-state index contributed by atoms with van der Waals surface area (Å²) in [5, 5.41) is 5.69. The first-order valence-corrected chi connectivity index (χ1v) is 8.42. The molecular formula is C16H28N2O3. The zero-order chi connectivity index (χ0) is 14.9. The molecule has 1 saturated carbocycles. The summed E-state index contributed by atoms with van der Waals surface area (Å²) in [6.07, 6.45) is 10.9. The first-order valence-electron chi connectivity index (χ1n) is 8.42. The molecule has 0 bridgehead atoms. The fourth-order valence-electron chi connectivity index (χ4n) is 2.82. The summed E-state index contributed by atoms with van der Waals surface area (Å²) in [4.78, 5) is 23.3. The van der Waals surface area contributed by atoms with Crippen molar-refractivity contribution >= 4 is 11.9 Å². The van der Waals surface area contributed by atoms with Crippen LogP contribution in [0.2, 0.25) is 0 Å². The maximum absolute atomic E-state index is 11.8. The van der Waals surface area contributed by atoms with Gasteiger partial charge in [-0.05, 0) is 38.0 Å². The third-order valence-corrected chi connectivity index (χ3v) is 4.25. The summed E-state index contributed by atoms with van der Waals surface area (Å²) in [5.74, 6) is 0.444. The van der Waals surface area contributed by atoms with Crippen LogP contribution in [0.3, 0.4) is 0 Å². The lowest BCUT2D eigenvalue weighted by atomic mass is 10.0. The quantitative estimate of drug-likeness (QED) is 0.727. The molecule has 0 spiro atoms. The van der Waals surface area contributed by atoms with Crippen LogP contribution in [0, 0.1) is 5.92 Å². The third kappa shape index (κ3) is 6.93. The molecule has 120 valence electrons. The number of carbonyl (C=O) groups excluding carboxylic acids is 2. The minimum Gasteiger partial charge on any atom is -0.461 e. The fourth-order valence-corrected chi connectivity index (χ4v) is 2.82. The minimum atomic E-state index is -0.201. The lowest BCUT2D eigenvalue weighted by Gasteiger charge is -2.18. The van der Waals surface area contributed by atoms with E-state index in [1.165, 1.54) is 32.1 Å². The largest absolute Gasteiger partial charge is 0.461 e. The Balaban J connectivity index is 1.76. The number of cyclic esters (lactones) is 1. The molecule has 0 aromatic heterocycles. The normalized spacial score (nSPS) is 27.7. The Bertz CT molecular complexity index is 342. The molecule has 1 saturated heterocycles. The van der Waals surface area contributed by atoms with Gasteiger partial charge in [0.1, 0.15) is 6.10 Å². The minimum absolute atomic E-state index is 0.0545. The molecule has 5 heteroatoms. The van der Waals surface area contributed by atoms with E-state index in [2.05, 4.69) is 10.6 Å². The van der Waals surface area contributed by atoms with E-state index < -0.39 is 0 Å². The molecule has 2 fully saturated rings. The summed E-state index contributed by atoms with van der Waals surface area (Å²) in [6.45, 7) is 0.505. The number of rotatable bonds is 1. The highest BCUT2D eigenvalue weighted by Gasteiger charge is 2.33. The van der Waals surface area contributed by atoms with E-state index in [4.69, 9.17) is 4.74 Å². The number of hydrogen-bond donors (Lipinski definition) is 2.